The molecule has 4 aromatic carbocycles. The summed E-state index contributed by atoms with van der Waals surface area (Å²) in [5.41, 5.74) is 1.91. The van der Waals surface area contributed by atoms with Crippen LogP contribution in [0.4, 0.5) is 0 Å². The van der Waals surface area contributed by atoms with Crippen LogP contribution in [0.15, 0.2) is 84.9 Å². The van der Waals surface area contributed by atoms with Crippen molar-refractivity contribution in [3.05, 3.63) is 96.1 Å². The molecule has 0 aliphatic carbocycles. The minimum atomic E-state index is -3.67. The van der Waals surface area contributed by atoms with Crippen molar-refractivity contribution in [2.75, 3.05) is 28.4 Å². The Morgan fingerprint density at radius 2 is 0.857 bits per heavy atom. The Hall–Kier alpha value is -2.45. The van der Waals surface area contributed by atoms with Crippen LogP contribution in [-0.2, 0) is 43.9 Å². The topological polar surface area (TPSA) is 64.6 Å². The van der Waals surface area contributed by atoms with Crippen molar-refractivity contribution >= 4 is 39.6 Å². The maximum Gasteiger partial charge on any atom is 0.673 e. The van der Waals surface area contributed by atoms with E-state index in [1.54, 1.807) is 0 Å². The van der Waals surface area contributed by atoms with Crippen molar-refractivity contribution in [2.45, 2.75) is 13.2 Å². The predicted octanol–water partition coefficient (Wildman–Crippen LogP) is 5.20. The van der Waals surface area contributed by atoms with Gasteiger partial charge in [0.25, 0.3) is 0 Å². The summed E-state index contributed by atoms with van der Waals surface area (Å²) in [6.07, 6.45) is 0. The van der Waals surface area contributed by atoms with E-state index < -0.39 is 18.1 Å². The van der Waals surface area contributed by atoms with Gasteiger partial charge in [0.15, 0.2) is 0 Å². The van der Waals surface area contributed by atoms with Gasteiger partial charge in [-0.3, -0.25) is 0 Å². The first-order chi connectivity index (χ1) is 17.0. The van der Waals surface area contributed by atoms with Gasteiger partial charge in [0.1, 0.15) is 0 Å². The predicted molar refractivity (Wildman–Crippen MR) is 138 cm³/mol. The molecule has 0 aliphatic rings. The molecule has 0 radical (unpaired) electrons. The molecule has 0 bridgehead atoms. The molecule has 7 nitrogen and oxygen atoms in total. The number of benzene rings is 4. The van der Waals surface area contributed by atoms with Crippen LogP contribution in [0.1, 0.15) is 11.1 Å². The summed E-state index contributed by atoms with van der Waals surface area (Å²) in [5.74, 6) is 0. The summed E-state index contributed by atoms with van der Waals surface area (Å²) in [4.78, 5) is 0. The zero-order valence-corrected chi connectivity index (χ0v) is 22.4. The van der Waals surface area contributed by atoms with E-state index in [-0.39, 0.29) is 13.2 Å². The largest absolute Gasteiger partial charge is 0.673 e. The first-order valence-electron chi connectivity index (χ1n) is 11.2. The summed E-state index contributed by atoms with van der Waals surface area (Å²) in [7, 11) is -1.43. The fraction of sp³-hybridized carbons (Fsp3) is 0.231. The summed E-state index contributed by atoms with van der Waals surface area (Å²) < 4.78 is 40.9. The fourth-order valence-corrected chi connectivity index (χ4v) is 8.30. The lowest BCUT2D eigenvalue weighted by Gasteiger charge is -2.33. The van der Waals surface area contributed by atoms with Crippen LogP contribution in [0.2, 0.25) is 0 Å². The van der Waals surface area contributed by atoms with Crippen LogP contribution in [0.25, 0.3) is 21.5 Å². The van der Waals surface area contributed by atoms with E-state index in [0.717, 1.165) is 32.7 Å². The van der Waals surface area contributed by atoms with Crippen LogP contribution < -0.4 is 0 Å². The fourth-order valence-electron chi connectivity index (χ4n) is 3.78. The van der Waals surface area contributed by atoms with Crippen LogP contribution >= 0.6 is 0 Å². The molecule has 0 saturated carbocycles. The van der Waals surface area contributed by atoms with Gasteiger partial charge in [0, 0.05) is 28.4 Å². The molecule has 4 aromatic rings. The SMILES string of the molecule is CO[Si](OC)(OCc1ccc2ccccc2c1)O[Si](OC)(OC)OCc1ccc2ccccc2c1. The number of fused-ring (bicyclic) bond motifs is 2. The lowest BCUT2D eigenvalue weighted by molar-refractivity contribution is -0.0466. The van der Waals surface area contributed by atoms with Crippen molar-refractivity contribution in [2.24, 2.45) is 0 Å². The van der Waals surface area contributed by atoms with E-state index in [1.165, 1.54) is 28.4 Å². The lowest BCUT2D eigenvalue weighted by Crippen LogP contribution is -2.60. The lowest BCUT2D eigenvalue weighted by atomic mass is 10.1. The van der Waals surface area contributed by atoms with Gasteiger partial charge in [0.05, 0.1) is 13.2 Å². The standard InChI is InChI=1S/C26H30O7Si2/c1-27-34(28-2,31-19-21-13-15-23-9-5-7-11-25(23)17-21)33-35(29-3,30-4)32-20-22-14-16-24-10-6-8-12-26(24)18-22/h5-18H,19-20H2,1-4H3. The number of hydrogen-bond acceptors (Lipinski definition) is 7. The number of rotatable bonds is 12. The minimum Gasteiger partial charge on any atom is -0.355 e. The second kappa shape index (κ2) is 11.5. The van der Waals surface area contributed by atoms with Gasteiger partial charge >= 0.3 is 18.1 Å². The van der Waals surface area contributed by atoms with Crippen molar-refractivity contribution in [3.63, 3.8) is 0 Å². The highest BCUT2D eigenvalue weighted by Crippen LogP contribution is 2.24. The highest BCUT2D eigenvalue weighted by molar-refractivity contribution is 6.68. The van der Waals surface area contributed by atoms with E-state index >= 15 is 0 Å². The van der Waals surface area contributed by atoms with Crippen molar-refractivity contribution < 1.29 is 30.7 Å². The van der Waals surface area contributed by atoms with Crippen LogP contribution in [0, 0.1) is 0 Å². The van der Waals surface area contributed by atoms with Crippen LogP contribution in [-0.4, -0.2) is 46.5 Å². The van der Waals surface area contributed by atoms with Gasteiger partial charge in [-0.15, -0.1) is 0 Å². The van der Waals surface area contributed by atoms with Crippen molar-refractivity contribution in [1.29, 1.82) is 0 Å². The van der Waals surface area contributed by atoms with Crippen LogP contribution in [0.5, 0.6) is 0 Å². The smallest absolute Gasteiger partial charge is 0.355 e. The monoisotopic (exact) mass is 510 g/mol. The van der Waals surface area contributed by atoms with Gasteiger partial charge in [-0.25, -0.2) is 0 Å². The Balaban J connectivity index is 1.48. The zero-order valence-electron chi connectivity index (χ0n) is 20.4. The van der Waals surface area contributed by atoms with Crippen molar-refractivity contribution in [3.8, 4) is 0 Å². The van der Waals surface area contributed by atoms with Gasteiger partial charge in [-0.05, 0) is 44.8 Å². The van der Waals surface area contributed by atoms with Gasteiger partial charge in [0.2, 0.25) is 0 Å². The molecule has 0 unspecified atom stereocenters. The zero-order chi connectivity index (χ0) is 24.7. The molecule has 0 aromatic heterocycles. The first-order valence-corrected chi connectivity index (χ1v) is 14.4. The third-order valence-electron chi connectivity index (χ3n) is 5.71. The maximum atomic E-state index is 6.19. The van der Waals surface area contributed by atoms with E-state index in [0.29, 0.717) is 0 Å². The highest BCUT2D eigenvalue weighted by Gasteiger charge is 2.58. The van der Waals surface area contributed by atoms with Crippen molar-refractivity contribution in [1.82, 2.24) is 0 Å². The molecule has 0 N–H and O–H groups in total. The number of hydrogen-bond donors (Lipinski definition) is 0. The molecule has 0 atom stereocenters. The molecule has 35 heavy (non-hydrogen) atoms. The van der Waals surface area contributed by atoms with E-state index in [1.807, 2.05) is 48.5 Å². The second-order valence-electron chi connectivity index (χ2n) is 7.86. The van der Waals surface area contributed by atoms with E-state index in [2.05, 4.69) is 36.4 Å². The molecule has 0 aliphatic heterocycles. The van der Waals surface area contributed by atoms with E-state index in [9.17, 15) is 0 Å². The molecular formula is C26H30O7Si2. The third kappa shape index (κ3) is 6.04. The normalized spacial score (nSPS) is 12.5. The highest BCUT2D eigenvalue weighted by atomic mass is 28.5. The molecule has 0 amide bonds. The molecule has 0 saturated heterocycles. The Morgan fingerprint density at radius 1 is 0.486 bits per heavy atom. The third-order valence-corrected chi connectivity index (χ3v) is 10.7. The van der Waals surface area contributed by atoms with Gasteiger partial charge in [-0.1, -0.05) is 72.8 Å². The average molecular weight is 511 g/mol. The maximum absolute atomic E-state index is 6.19. The van der Waals surface area contributed by atoms with Gasteiger partial charge in [-0.2, -0.15) is 0 Å². The Morgan fingerprint density at radius 3 is 1.23 bits per heavy atom. The second-order valence-corrected chi connectivity index (χ2v) is 12.9. The summed E-state index contributed by atoms with van der Waals surface area (Å²) >= 11 is 0. The molecular weight excluding hydrogens is 480 g/mol. The Labute approximate surface area is 208 Å². The summed E-state index contributed by atoms with van der Waals surface area (Å²) in [6, 6.07) is 28.5. The Bertz CT molecular complexity index is 1160. The Kier molecular flexibility index (Phi) is 8.44. The molecule has 4 rings (SSSR count). The summed E-state index contributed by atoms with van der Waals surface area (Å²) in [5, 5.41) is 4.55. The molecule has 0 fully saturated rings. The van der Waals surface area contributed by atoms with E-state index in [4.69, 9.17) is 30.7 Å². The van der Waals surface area contributed by atoms with Crippen LogP contribution in [0.3, 0.4) is 0 Å². The molecule has 0 heterocycles. The summed E-state index contributed by atoms with van der Waals surface area (Å²) in [6.45, 7) is 0.447. The quantitative estimate of drug-likeness (QED) is 0.243. The minimum absolute atomic E-state index is 0.224. The molecule has 9 heteroatoms. The van der Waals surface area contributed by atoms with Gasteiger partial charge < -0.3 is 30.7 Å². The first kappa shape index (κ1) is 25.6. The average Bonchev–Trinajstić information content (AvgIpc) is 2.93. The molecule has 0 spiro atoms. The molecule has 184 valence electrons.